The number of rotatable bonds is 23. The van der Waals surface area contributed by atoms with Crippen molar-refractivity contribution < 1.29 is 72.5 Å². The molecule has 0 heterocycles. The van der Waals surface area contributed by atoms with E-state index in [0.717, 1.165) is 11.1 Å². The fourth-order valence-corrected chi connectivity index (χ4v) is 7.33. The quantitative estimate of drug-likeness (QED) is 0.0326. The van der Waals surface area contributed by atoms with E-state index in [-0.39, 0.29) is 74.1 Å². The molecule has 0 bridgehead atoms. The van der Waals surface area contributed by atoms with Gasteiger partial charge in [0.2, 0.25) is 5.91 Å². The van der Waals surface area contributed by atoms with Crippen LogP contribution >= 0.6 is 0 Å². The number of para-hydroxylation sites is 6. The first-order valence-electron chi connectivity index (χ1n) is 26.4. The number of carboxylic acids is 3. The van der Waals surface area contributed by atoms with Crippen LogP contribution in [0.2, 0.25) is 0 Å². The van der Waals surface area contributed by atoms with E-state index in [0.29, 0.717) is 62.7 Å². The van der Waals surface area contributed by atoms with Gasteiger partial charge < -0.3 is 59.7 Å². The molecular formula is C66H65N3O15. The van der Waals surface area contributed by atoms with E-state index >= 15 is 0 Å². The fraction of sp³-hybridized carbons (Fsp3) is 0.182. The van der Waals surface area contributed by atoms with Crippen molar-refractivity contribution >= 4 is 52.7 Å². The molecule has 434 valence electrons. The van der Waals surface area contributed by atoms with Crippen LogP contribution in [-0.4, -0.2) is 90.6 Å². The van der Waals surface area contributed by atoms with Crippen molar-refractivity contribution in [1.82, 2.24) is 0 Å². The molecule has 0 unspecified atom stereocenters. The Bertz CT molecular complexity index is 3470. The molecule has 0 aromatic heterocycles. The van der Waals surface area contributed by atoms with Gasteiger partial charge in [0, 0.05) is 16.5 Å². The van der Waals surface area contributed by atoms with Gasteiger partial charge in [-0.1, -0.05) is 93.1 Å². The third-order valence-electron chi connectivity index (χ3n) is 11.9. The zero-order valence-electron chi connectivity index (χ0n) is 47.0. The summed E-state index contributed by atoms with van der Waals surface area (Å²) in [7, 11) is 0. The van der Waals surface area contributed by atoms with E-state index < -0.39 is 23.3 Å². The standard InChI is InChI=1S/2C23H21NO5.C20H23NO5/c1-16-6-2-3-7-19(16)22(25)24-20-8-4-5-9-21(20)29-15-14-28-18-12-10-17(11-13-18)23(26)27;1-16-6-8-17(9-7-16)22(25)24-20-4-2-3-5-21(20)29-15-14-28-19-12-10-18(11-13-19)23(26)27;1-20(2,3)19(24)21-16-6-4-5-7-17(16)26-13-12-25-15-10-8-14(9-11-15)18(22)23/h2*2-13H,14-15H2,1H3,(H,24,25)(H,26,27);4-11H,12-13H2,1-3H3,(H,21,24)(H,22,23). The second-order valence-corrected chi connectivity index (χ2v) is 19.4. The molecule has 8 aromatic rings. The Balaban J connectivity index is 0.000000203. The van der Waals surface area contributed by atoms with E-state index in [1.54, 1.807) is 91.0 Å². The summed E-state index contributed by atoms with van der Waals surface area (Å²) in [5.74, 6) is -0.130. The third-order valence-corrected chi connectivity index (χ3v) is 11.9. The second kappa shape index (κ2) is 31.4. The highest BCUT2D eigenvalue weighted by Crippen LogP contribution is 2.28. The summed E-state index contributed by atoms with van der Waals surface area (Å²) in [6.45, 7) is 11.0. The Hall–Kier alpha value is -10.6. The summed E-state index contributed by atoms with van der Waals surface area (Å²) >= 11 is 0. The summed E-state index contributed by atoms with van der Waals surface area (Å²) in [5.41, 5.74) is 5.02. The number of aryl methyl sites for hydroxylation is 2. The predicted octanol–water partition coefficient (Wildman–Crippen LogP) is 12.6. The van der Waals surface area contributed by atoms with E-state index in [2.05, 4.69) is 16.0 Å². The van der Waals surface area contributed by atoms with Crippen molar-refractivity contribution in [3.63, 3.8) is 0 Å². The smallest absolute Gasteiger partial charge is 0.335 e. The molecule has 8 rings (SSSR count). The maximum atomic E-state index is 12.5. The summed E-state index contributed by atoms with van der Waals surface area (Å²) < 4.78 is 33.9. The Morgan fingerprint density at radius 3 is 1.02 bits per heavy atom. The number of carbonyl (C=O) groups excluding carboxylic acids is 3. The number of carboxylic acid groups (broad SMARTS) is 3. The summed E-state index contributed by atoms with van der Waals surface area (Å²) in [5, 5.41) is 35.3. The van der Waals surface area contributed by atoms with Gasteiger partial charge in [-0.3, -0.25) is 14.4 Å². The summed E-state index contributed by atoms with van der Waals surface area (Å²) in [4.78, 5) is 69.6. The highest BCUT2D eigenvalue weighted by molar-refractivity contribution is 6.06. The summed E-state index contributed by atoms with van der Waals surface area (Å²) in [6.07, 6.45) is 0. The van der Waals surface area contributed by atoms with Crippen LogP contribution < -0.4 is 44.4 Å². The Morgan fingerprint density at radius 2 is 0.667 bits per heavy atom. The minimum Gasteiger partial charge on any atom is -0.490 e. The van der Waals surface area contributed by atoms with E-state index in [4.69, 9.17) is 43.7 Å². The normalized spacial score (nSPS) is 10.4. The van der Waals surface area contributed by atoms with Crippen LogP contribution in [0.25, 0.3) is 0 Å². The molecule has 84 heavy (non-hydrogen) atoms. The van der Waals surface area contributed by atoms with Crippen molar-refractivity contribution in [2.75, 3.05) is 55.6 Å². The van der Waals surface area contributed by atoms with E-state index in [1.165, 1.54) is 36.4 Å². The molecule has 8 aromatic carbocycles. The van der Waals surface area contributed by atoms with Crippen LogP contribution in [0.15, 0.2) is 194 Å². The number of amides is 3. The lowest BCUT2D eigenvalue weighted by molar-refractivity contribution is -0.123. The molecule has 0 aliphatic carbocycles. The first-order valence-corrected chi connectivity index (χ1v) is 26.4. The molecule has 18 nitrogen and oxygen atoms in total. The molecule has 0 aliphatic rings. The number of hydrogen-bond donors (Lipinski definition) is 6. The average molecular weight is 1140 g/mol. The van der Waals surface area contributed by atoms with Crippen molar-refractivity contribution in [2.45, 2.75) is 34.6 Å². The first kappa shape index (κ1) is 62.6. The number of anilines is 3. The predicted molar refractivity (Wildman–Crippen MR) is 319 cm³/mol. The Kier molecular flexibility index (Phi) is 23.4. The van der Waals surface area contributed by atoms with Crippen molar-refractivity contribution in [3.8, 4) is 34.5 Å². The van der Waals surface area contributed by atoms with Gasteiger partial charge in [0.1, 0.15) is 74.1 Å². The lowest BCUT2D eigenvalue weighted by Crippen LogP contribution is -2.27. The highest BCUT2D eigenvalue weighted by Gasteiger charge is 2.22. The lowest BCUT2D eigenvalue weighted by atomic mass is 9.95. The number of hydrogen-bond acceptors (Lipinski definition) is 12. The minimum absolute atomic E-state index is 0.0941. The first-order chi connectivity index (χ1) is 40.3. The molecule has 0 atom stereocenters. The van der Waals surface area contributed by atoms with Gasteiger partial charge in [-0.15, -0.1) is 0 Å². The minimum atomic E-state index is -0.982. The maximum absolute atomic E-state index is 12.5. The van der Waals surface area contributed by atoms with Gasteiger partial charge in [0.15, 0.2) is 0 Å². The van der Waals surface area contributed by atoms with Crippen LogP contribution in [0.1, 0.15) is 83.7 Å². The number of ether oxygens (including phenoxy) is 6. The zero-order valence-corrected chi connectivity index (χ0v) is 47.0. The Morgan fingerprint density at radius 1 is 0.357 bits per heavy atom. The van der Waals surface area contributed by atoms with Gasteiger partial charge in [-0.2, -0.15) is 0 Å². The number of aromatic carboxylic acids is 3. The van der Waals surface area contributed by atoms with Crippen LogP contribution in [-0.2, 0) is 4.79 Å². The summed E-state index contributed by atoms with van der Waals surface area (Å²) in [6, 6.07) is 54.8. The van der Waals surface area contributed by atoms with E-state index in [9.17, 15) is 28.8 Å². The van der Waals surface area contributed by atoms with Crippen LogP contribution in [0, 0.1) is 19.3 Å². The number of benzene rings is 8. The fourth-order valence-electron chi connectivity index (χ4n) is 7.33. The molecule has 18 heteroatoms. The molecule has 0 radical (unpaired) electrons. The molecule has 0 saturated heterocycles. The van der Waals surface area contributed by atoms with Gasteiger partial charge in [0.05, 0.1) is 33.8 Å². The average Bonchev–Trinajstić information content (AvgIpc) is 3.60. The molecular weight excluding hydrogens is 1070 g/mol. The monoisotopic (exact) mass is 1140 g/mol. The van der Waals surface area contributed by atoms with Gasteiger partial charge in [-0.25, -0.2) is 14.4 Å². The molecule has 3 amide bonds. The van der Waals surface area contributed by atoms with Crippen LogP contribution in [0.4, 0.5) is 17.1 Å². The zero-order chi connectivity index (χ0) is 60.4. The van der Waals surface area contributed by atoms with Gasteiger partial charge >= 0.3 is 17.9 Å². The van der Waals surface area contributed by atoms with Crippen molar-refractivity contribution in [3.05, 3.63) is 233 Å². The molecule has 6 N–H and O–H groups in total. The van der Waals surface area contributed by atoms with Crippen molar-refractivity contribution in [1.29, 1.82) is 0 Å². The Labute approximate surface area is 486 Å². The van der Waals surface area contributed by atoms with Crippen LogP contribution in [0.3, 0.4) is 0 Å². The second-order valence-electron chi connectivity index (χ2n) is 19.4. The highest BCUT2D eigenvalue weighted by atomic mass is 16.5. The molecule has 0 saturated carbocycles. The van der Waals surface area contributed by atoms with Gasteiger partial charge in [0.25, 0.3) is 11.8 Å². The van der Waals surface area contributed by atoms with E-state index in [1.807, 2.05) is 101 Å². The van der Waals surface area contributed by atoms with Crippen molar-refractivity contribution in [2.24, 2.45) is 5.41 Å². The molecule has 0 aliphatic heterocycles. The molecule has 0 fully saturated rings. The lowest BCUT2D eigenvalue weighted by Gasteiger charge is -2.19. The SMILES string of the molecule is CC(C)(C)C(=O)Nc1ccccc1OCCOc1ccc(C(=O)O)cc1.Cc1ccc(C(=O)Nc2ccccc2OCCOc2ccc(C(=O)O)cc2)cc1.Cc1ccccc1C(=O)Nc1ccccc1OCCOc1ccc(C(=O)O)cc1. The third kappa shape index (κ3) is 20.2. The largest absolute Gasteiger partial charge is 0.490 e. The number of carbonyl (C=O) groups is 6. The van der Waals surface area contributed by atoms with Crippen LogP contribution in [0.5, 0.6) is 34.5 Å². The topological polar surface area (TPSA) is 255 Å². The number of nitrogens with one attached hydrogen (secondary N) is 3. The van der Waals surface area contributed by atoms with Gasteiger partial charge in [-0.05, 0) is 147 Å². The molecule has 0 spiro atoms. The maximum Gasteiger partial charge on any atom is 0.335 e.